The van der Waals surface area contributed by atoms with E-state index < -0.39 is 0 Å². The molecule has 0 unspecified atom stereocenters. The molecule has 0 atom stereocenters. The van der Waals surface area contributed by atoms with Crippen LogP contribution in [-0.2, 0) is 0 Å². The third-order valence-corrected chi connectivity index (χ3v) is 5.28. The molecule has 4 rings (SSSR count). The molecule has 0 bridgehead atoms. The smallest absolute Gasteiger partial charge is 0.235 e. The lowest BCUT2D eigenvalue weighted by Gasteiger charge is -2.08. The first-order valence-electron chi connectivity index (χ1n) is 7.44. The van der Waals surface area contributed by atoms with Gasteiger partial charge in [-0.2, -0.15) is 9.61 Å². The minimum atomic E-state index is 0.643. The van der Waals surface area contributed by atoms with Gasteiger partial charge in [-0.3, -0.25) is 0 Å². The molecule has 126 valence electrons. The van der Waals surface area contributed by atoms with Gasteiger partial charge in [0.25, 0.3) is 0 Å². The molecule has 1 aromatic carbocycles. The number of nitrogens with zero attached hydrogens (tertiary/aromatic N) is 4. The average molecular weight is 370 g/mol. The molecule has 0 radical (unpaired) electrons. The van der Waals surface area contributed by atoms with Gasteiger partial charge in [-0.05, 0) is 41.8 Å². The first kappa shape index (κ1) is 15.8. The molecule has 0 aliphatic carbocycles. The van der Waals surface area contributed by atoms with E-state index in [1.165, 1.54) is 16.2 Å². The maximum absolute atomic E-state index is 5.36. The molecular formula is C17H14N4O2S2. The highest BCUT2D eigenvalue weighted by Crippen LogP contribution is 2.32. The van der Waals surface area contributed by atoms with Crippen molar-refractivity contribution in [2.45, 2.75) is 0 Å². The molecule has 6 nitrogen and oxygen atoms in total. The van der Waals surface area contributed by atoms with E-state index in [0.717, 1.165) is 15.5 Å². The average Bonchev–Trinajstić information content (AvgIpc) is 3.36. The Morgan fingerprint density at radius 2 is 1.92 bits per heavy atom. The number of fused-ring (bicyclic) bond motifs is 1. The summed E-state index contributed by atoms with van der Waals surface area (Å²) in [4.78, 5) is 1.93. The molecule has 0 aliphatic rings. The topological polar surface area (TPSA) is 61.5 Å². The van der Waals surface area contributed by atoms with Gasteiger partial charge in [0.15, 0.2) is 17.3 Å². The second kappa shape index (κ2) is 6.66. The van der Waals surface area contributed by atoms with Crippen LogP contribution in [0.2, 0.25) is 0 Å². The van der Waals surface area contributed by atoms with Crippen LogP contribution in [0, 0.1) is 0 Å². The monoisotopic (exact) mass is 370 g/mol. The molecule has 0 saturated carbocycles. The summed E-state index contributed by atoms with van der Waals surface area (Å²) >= 11 is 3.18. The number of benzene rings is 1. The van der Waals surface area contributed by atoms with Crippen molar-refractivity contribution in [3.8, 4) is 22.9 Å². The molecule has 0 amide bonds. The molecule has 3 aromatic heterocycles. The normalized spacial score (nSPS) is 11.4. The van der Waals surface area contributed by atoms with Crippen molar-refractivity contribution >= 4 is 39.8 Å². The molecule has 8 heteroatoms. The number of ether oxygens (including phenoxy) is 2. The standard InChI is InChI=1S/C17H14N4O2S2/c1-22-13-7-5-11(10-14(13)23-2)16-18-19-17-21(16)20-15(25-17)8-6-12-4-3-9-24-12/h3-10H,1-2H3/b8-6+. The zero-order valence-corrected chi connectivity index (χ0v) is 15.2. The molecule has 3 heterocycles. The van der Waals surface area contributed by atoms with E-state index in [1.807, 2.05) is 41.8 Å². The SMILES string of the molecule is COc1ccc(-c2nnc3sc(/C=C/c4cccs4)nn23)cc1OC. The maximum atomic E-state index is 5.36. The van der Waals surface area contributed by atoms with E-state index in [2.05, 4.69) is 21.4 Å². The second-order valence-corrected chi connectivity index (χ2v) is 7.04. The van der Waals surface area contributed by atoms with Gasteiger partial charge < -0.3 is 9.47 Å². The number of aromatic nitrogens is 4. The largest absolute Gasteiger partial charge is 0.493 e. The summed E-state index contributed by atoms with van der Waals surface area (Å²) in [6, 6.07) is 9.72. The summed E-state index contributed by atoms with van der Waals surface area (Å²) in [5, 5.41) is 16.0. The molecule has 0 saturated heterocycles. The van der Waals surface area contributed by atoms with Crippen LogP contribution in [0.15, 0.2) is 35.7 Å². The summed E-state index contributed by atoms with van der Waals surface area (Å²) in [5.41, 5.74) is 0.865. The van der Waals surface area contributed by atoms with Gasteiger partial charge in [0.1, 0.15) is 5.01 Å². The summed E-state index contributed by atoms with van der Waals surface area (Å²) in [7, 11) is 3.22. The fourth-order valence-electron chi connectivity index (χ4n) is 2.39. The van der Waals surface area contributed by atoms with E-state index in [1.54, 1.807) is 30.1 Å². The van der Waals surface area contributed by atoms with Gasteiger partial charge in [-0.25, -0.2) is 0 Å². The van der Waals surface area contributed by atoms with E-state index in [0.29, 0.717) is 17.3 Å². The number of thiophene rings is 1. The fourth-order valence-corrected chi connectivity index (χ4v) is 3.75. The van der Waals surface area contributed by atoms with Gasteiger partial charge in [0, 0.05) is 10.4 Å². The van der Waals surface area contributed by atoms with E-state index >= 15 is 0 Å². The van der Waals surface area contributed by atoms with Crippen molar-refractivity contribution in [3.05, 3.63) is 45.6 Å². The Morgan fingerprint density at radius 3 is 2.68 bits per heavy atom. The molecular weight excluding hydrogens is 356 g/mol. The Labute approximate surface area is 152 Å². The minimum absolute atomic E-state index is 0.643. The summed E-state index contributed by atoms with van der Waals surface area (Å²) in [6.45, 7) is 0. The van der Waals surface area contributed by atoms with Gasteiger partial charge in [-0.15, -0.1) is 21.5 Å². The molecule has 0 aliphatic heterocycles. The number of methoxy groups -OCH3 is 2. The Hall–Kier alpha value is -2.71. The van der Waals surface area contributed by atoms with Crippen LogP contribution in [-0.4, -0.2) is 34.0 Å². The van der Waals surface area contributed by atoms with Crippen molar-refractivity contribution in [2.24, 2.45) is 0 Å². The lowest BCUT2D eigenvalue weighted by Crippen LogP contribution is -1.94. The highest BCUT2D eigenvalue weighted by atomic mass is 32.1. The fraction of sp³-hybridized carbons (Fsp3) is 0.118. The zero-order valence-electron chi connectivity index (χ0n) is 13.5. The molecule has 0 spiro atoms. The predicted molar refractivity (Wildman–Crippen MR) is 100 cm³/mol. The van der Waals surface area contributed by atoms with E-state index in [4.69, 9.17) is 9.47 Å². The maximum Gasteiger partial charge on any atom is 0.235 e. The van der Waals surface area contributed by atoms with Crippen LogP contribution >= 0.6 is 22.7 Å². The quantitative estimate of drug-likeness (QED) is 0.529. The Balaban J connectivity index is 1.71. The first-order valence-corrected chi connectivity index (χ1v) is 9.14. The Kier molecular flexibility index (Phi) is 4.21. The Morgan fingerprint density at radius 1 is 1.04 bits per heavy atom. The van der Waals surface area contributed by atoms with Crippen molar-refractivity contribution in [1.29, 1.82) is 0 Å². The van der Waals surface area contributed by atoms with Gasteiger partial charge >= 0.3 is 0 Å². The van der Waals surface area contributed by atoms with Gasteiger partial charge in [0.05, 0.1) is 14.2 Å². The van der Waals surface area contributed by atoms with Crippen molar-refractivity contribution in [3.63, 3.8) is 0 Å². The van der Waals surface area contributed by atoms with Crippen molar-refractivity contribution < 1.29 is 9.47 Å². The number of hydrogen-bond donors (Lipinski definition) is 0. The highest BCUT2D eigenvalue weighted by molar-refractivity contribution is 7.17. The van der Waals surface area contributed by atoms with Crippen LogP contribution in [0.1, 0.15) is 9.88 Å². The third-order valence-electron chi connectivity index (χ3n) is 3.58. The van der Waals surface area contributed by atoms with E-state index in [-0.39, 0.29) is 0 Å². The third kappa shape index (κ3) is 3.01. The number of rotatable bonds is 5. The minimum Gasteiger partial charge on any atom is -0.493 e. The van der Waals surface area contributed by atoms with Crippen molar-refractivity contribution in [1.82, 2.24) is 19.8 Å². The lowest BCUT2D eigenvalue weighted by molar-refractivity contribution is 0.355. The first-order chi connectivity index (χ1) is 12.3. The van der Waals surface area contributed by atoms with Crippen LogP contribution < -0.4 is 9.47 Å². The van der Waals surface area contributed by atoms with Gasteiger partial charge in [-0.1, -0.05) is 17.4 Å². The van der Waals surface area contributed by atoms with E-state index in [9.17, 15) is 0 Å². The molecule has 0 N–H and O–H groups in total. The molecule has 4 aromatic rings. The van der Waals surface area contributed by atoms with Crippen LogP contribution in [0.3, 0.4) is 0 Å². The second-order valence-electron chi connectivity index (χ2n) is 5.08. The molecule has 25 heavy (non-hydrogen) atoms. The summed E-state index contributed by atoms with van der Waals surface area (Å²) in [6.07, 6.45) is 4.04. The number of hydrogen-bond acceptors (Lipinski definition) is 7. The Bertz CT molecular complexity index is 1030. The van der Waals surface area contributed by atoms with Crippen LogP contribution in [0.25, 0.3) is 28.5 Å². The van der Waals surface area contributed by atoms with Gasteiger partial charge in [0.2, 0.25) is 4.96 Å². The molecule has 0 fully saturated rings. The van der Waals surface area contributed by atoms with Crippen LogP contribution in [0.4, 0.5) is 0 Å². The lowest BCUT2D eigenvalue weighted by atomic mass is 10.2. The predicted octanol–water partition coefficient (Wildman–Crippen LogP) is 4.10. The highest BCUT2D eigenvalue weighted by Gasteiger charge is 2.14. The zero-order chi connectivity index (χ0) is 17.2. The van der Waals surface area contributed by atoms with Crippen LogP contribution in [0.5, 0.6) is 11.5 Å². The summed E-state index contributed by atoms with van der Waals surface area (Å²) < 4.78 is 12.4. The summed E-state index contributed by atoms with van der Waals surface area (Å²) in [5.74, 6) is 1.98. The van der Waals surface area contributed by atoms with Crippen molar-refractivity contribution in [2.75, 3.05) is 14.2 Å².